The van der Waals surface area contributed by atoms with Gasteiger partial charge in [-0.25, -0.2) is 18.7 Å². The summed E-state index contributed by atoms with van der Waals surface area (Å²) < 4.78 is 34.5. The molecule has 2 N–H and O–H groups in total. The Balaban J connectivity index is 0.000000970. The van der Waals surface area contributed by atoms with Crippen LogP contribution in [0.2, 0.25) is 5.02 Å². The molecule has 7 nitrogen and oxygen atoms in total. The second-order valence-electron chi connectivity index (χ2n) is 6.82. The molecule has 0 aliphatic rings. The third-order valence-corrected chi connectivity index (χ3v) is 5.07. The number of nitrogens with one attached hydrogen (secondary N) is 2. The smallest absolute Gasteiger partial charge is 0.218 e. The predicted octanol–water partition coefficient (Wildman–Crippen LogP) is 4.93. The van der Waals surface area contributed by atoms with Gasteiger partial charge in [0.05, 0.1) is 17.8 Å². The molecular formula is C24H23ClF2N4O3. The number of aromatic nitrogens is 3. The first-order chi connectivity index (χ1) is 16.5. The quantitative estimate of drug-likeness (QED) is 0.383. The first-order valence-corrected chi connectivity index (χ1v) is 10.3. The maximum Gasteiger partial charge on any atom is 0.218 e. The maximum absolute atomic E-state index is 15.0. The fourth-order valence-electron chi connectivity index (χ4n) is 3.32. The highest BCUT2D eigenvalue weighted by atomic mass is 35.5. The molecule has 0 bridgehead atoms. The molecule has 0 spiro atoms. The number of ether oxygens (including phenoxy) is 1. The molecule has 3 heterocycles. The van der Waals surface area contributed by atoms with Gasteiger partial charge in [0, 0.05) is 41.6 Å². The van der Waals surface area contributed by atoms with Crippen molar-refractivity contribution in [1.29, 1.82) is 0 Å². The van der Waals surface area contributed by atoms with Gasteiger partial charge in [-0.2, -0.15) is 0 Å². The largest absolute Gasteiger partial charge is 0.481 e. The fourth-order valence-corrected chi connectivity index (χ4v) is 3.50. The molecule has 10 heteroatoms. The number of anilines is 1. The van der Waals surface area contributed by atoms with Gasteiger partial charge in [0.25, 0.3) is 0 Å². The lowest BCUT2D eigenvalue weighted by atomic mass is 10.0. The Morgan fingerprint density at radius 2 is 1.82 bits per heavy atom. The third kappa shape index (κ3) is 6.35. The van der Waals surface area contributed by atoms with Gasteiger partial charge >= 0.3 is 0 Å². The molecule has 0 aliphatic carbocycles. The van der Waals surface area contributed by atoms with Crippen LogP contribution in [0.15, 0.2) is 48.9 Å². The Bertz CT molecular complexity index is 1230. The molecule has 0 atom stereocenters. The Labute approximate surface area is 200 Å². The highest BCUT2D eigenvalue weighted by Crippen LogP contribution is 2.26. The van der Waals surface area contributed by atoms with Crippen LogP contribution >= 0.6 is 11.6 Å². The minimum absolute atomic E-state index is 0.0327. The monoisotopic (exact) mass is 488 g/mol. The summed E-state index contributed by atoms with van der Waals surface area (Å²) in [7, 11) is 1.50. The molecule has 0 fully saturated rings. The summed E-state index contributed by atoms with van der Waals surface area (Å²) >= 11 is 5.98. The molecular weight excluding hydrogens is 466 g/mol. The highest BCUT2D eigenvalue weighted by Gasteiger charge is 2.15. The minimum atomic E-state index is -0.611. The summed E-state index contributed by atoms with van der Waals surface area (Å²) in [6.45, 7) is 4.23. The molecule has 4 rings (SSSR count). The number of pyridine rings is 2. The number of nitrogens with zero attached hydrogens (tertiary/aromatic N) is 2. The number of carbonyl (C=O) groups excluding carboxylic acids is 2. The summed E-state index contributed by atoms with van der Waals surface area (Å²) in [4.78, 5) is 27.4. The van der Waals surface area contributed by atoms with Gasteiger partial charge in [-0.15, -0.1) is 0 Å². The highest BCUT2D eigenvalue weighted by molar-refractivity contribution is 6.30. The van der Waals surface area contributed by atoms with Crippen LogP contribution in [0.1, 0.15) is 16.7 Å². The standard InChI is InChI=1S/C22H19ClF2N4O.2CH2O/c1-30-22-15(9-16(23)12-29-22)11-27-19-5-4-18(24)17(20(19)25)3-2-13-8-14-6-7-26-21(14)28-10-13;2*1-2/h4-10,12,27H,2-3,11H2,1H3,(H,26,28);2*1H2. The van der Waals surface area contributed by atoms with Crippen LogP contribution in [0.4, 0.5) is 14.5 Å². The van der Waals surface area contributed by atoms with E-state index in [1.165, 1.54) is 25.4 Å². The van der Waals surface area contributed by atoms with E-state index in [2.05, 4.69) is 20.3 Å². The average molecular weight is 489 g/mol. The Kier molecular flexibility index (Phi) is 10.1. The fraction of sp³-hybridized carbons (Fsp3) is 0.167. The number of carbonyl (C=O) groups is 2. The van der Waals surface area contributed by atoms with E-state index in [1.54, 1.807) is 18.5 Å². The van der Waals surface area contributed by atoms with Gasteiger partial charge in [0.15, 0.2) is 5.82 Å². The molecule has 34 heavy (non-hydrogen) atoms. The zero-order valence-electron chi connectivity index (χ0n) is 18.4. The lowest BCUT2D eigenvalue weighted by Crippen LogP contribution is -2.07. The van der Waals surface area contributed by atoms with Gasteiger partial charge in [-0.05, 0) is 48.7 Å². The number of hydrogen-bond donors (Lipinski definition) is 2. The van der Waals surface area contributed by atoms with Crippen LogP contribution in [0, 0.1) is 11.6 Å². The molecule has 0 aliphatic heterocycles. The van der Waals surface area contributed by atoms with E-state index >= 15 is 4.39 Å². The second kappa shape index (κ2) is 13.0. The molecule has 3 aromatic heterocycles. The van der Waals surface area contributed by atoms with Crippen molar-refractivity contribution >= 4 is 41.9 Å². The van der Waals surface area contributed by atoms with Crippen molar-refractivity contribution in [2.45, 2.75) is 19.4 Å². The summed E-state index contributed by atoms with van der Waals surface area (Å²) in [6.07, 6.45) is 5.68. The Morgan fingerprint density at radius 3 is 2.56 bits per heavy atom. The van der Waals surface area contributed by atoms with E-state index in [0.29, 0.717) is 22.9 Å². The van der Waals surface area contributed by atoms with Crippen molar-refractivity contribution in [3.63, 3.8) is 0 Å². The summed E-state index contributed by atoms with van der Waals surface area (Å²) in [6, 6.07) is 8.21. The van der Waals surface area contributed by atoms with Crippen molar-refractivity contribution in [2.24, 2.45) is 0 Å². The molecule has 0 saturated heterocycles. The summed E-state index contributed by atoms with van der Waals surface area (Å²) in [5.41, 5.74) is 2.60. The van der Waals surface area contributed by atoms with Gasteiger partial charge < -0.3 is 24.6 Å². The van der Waals surface area contributed by atoms with E-state index in [1.807, 2.05) is 25.7 Å². The Morgan fingerprint density at radius 1 is 1.06 bits per heavy atom. The lowest BCUT2D eigenvalue weighted by Gasteiger charge is -2.13. The van der Waals surface area contributed by atoms with Crippen LogP contribution in [-0.2, 0) is 29.0 Å². The molecule has 1 aromatic carbocycles. The number of H-pyrrole nitrogens is 1. The molecule has 0 saturated carbocycles. The van der Waals surface area contributed by atoms with Gasteiger partial charge in [-0.1, -0.05) is 11.6 Å². The number of fused-ring (bicyclic) bond motifs is 1. The van der Waals surface area contributed by atoms with Gasteiger partial charge in [0.1, 0.15) is 25.0 Å². The van der Waals surface area contributed by atoms with Crippen LogP contribution < -0.4 is 10.1 Å². The number of hydrogen-bond acceptors (Lipinski definition) is 6. The minimum Gasteiger partial charge on any atom is -0.481 e. The number of benzene rings is 1. The van der Waals surface area contributed by atoms with Crippen molar-refractivity contribution in [2.75, 3.05) is 12.4 Å². The average Bonchev–Trinajstić information content (AvgIpc) is 3.34. The van der Waals surface area contributed by atoms with Crippen molar-refractivity contribution in [3.8, 4) is 5.88 Å². The zero-order valence-corrected chi connectivity index (χ0v) is 19.2. The predicted molar refractivity (Wildman–Crippen MR) is 127 cm³/mol. The van der Waals surface area contributed by atoms with Crippen LogP contribution in [0.25, 0.3) is 11.0 Å². The third-order valence-electron chi connectivity index (χ3n) is 4.86. The normalized spacial score (nSPS) is 10.0. The van der Waals surface area contributed by atoms with Crippen molar-refractivity contribution in [1.82, 2.24) is 15.0 Å². The van der Waals surface area contributed by atoms with E-state index < -0.39 is 11.6 Å². The molecule has 0 unspecified atom stereocenters. The molecule has 178 valence electrons. The van der Waals surface area contributed by atoms with Crippen molar-refractivity contribution < 1.29 is 23.1 Å². The number of methoxy groups -OCH3 is 1. The number of aryl methyl sites for hydroxylation is 1. The Hall–Kier alpha value is -3.85. The van der Waals surface area contributed by atoms with Crippen LogP contribution in [-0.4, -0.2) is 35.6 Å². The van der Waals surface area contributed by atoms with Crippen LogP contribution in [0.5, 0.6) is 5.88 Å². The first-order valence-electron chi connectivity index (χ1n) is 9.94. The van der Waals surface area contributed by atoms with Crippen LogP contribution in [0.3, 0.4) is 0 Å². The second-order valence-corrected chi connectivity index (χ2v) is 7.26. The SMILES string of the molecule is C=O.C=O.COc1ncc(Cl)cc1CNc1ccc(F)c(CCc2cnc3[nH]ccc3c2)c1F. The van der Waals surface area contributed by atoms with Gasteiger partial charge in [0.2, 0.25) is 5.88 Å². The summed E-state index contributed by atoms with van der Waals surface area (Å²) in [5.74, 6) is -0.794. The van der Waals surface area contributed by atoms with E-state index in [9.17, 15) is 4.39 Å². The maximum atomic E-state index is 15.0. The summed E-state index contributed by atoms with van der Waals surface area (Å²) in [5, 5.41) is 4.39. The van der Waals surface area contributed by atoms with E-state index in [4.69, 9.17) is 25.9 Å². The number of aromatic amines is 1. The van der Waals surface area contributed by atoms with Gasteiger partial charge in [-0.3, -0.25) is 0 Å². The topological polar surface area (TPSA) is 97.0 Å². The molecule has 0 radical (unpaired) electrons. The molecule has 0 amide bonds. The molecule has 4 aromatic rings. The number of halogens is 3. The van der Waals surface area contributed by atoms with Crippen molar-refractivity contribution in [3.05, 3.63) is 82.3 Å². The lowest BCUT2D eigenvalue weighted by molar-refractivity contribution is -0.0987. The zero-order chi connectivity index (χ0) is 25.1. The first kappa shape index (κ1) is 26.4. The number of rotatable bonds is 7. The van der Waals surface area contributed by atoms with E-state index in [0.717, 1.165) is 16.6 Å². The van der Waals surface area contributed by atoms with E-state index in [-0.39, 0.29) is 24.2 Å².